The maximum atomic E-state index is 11.5. The highest BCUT2D eigenvalue weighted by Crippen LogP contribution is 2.34. The molecule has 3 rings (SSSR count). The summed E-state index contributed by atoms with van der Waals surface area (Å²) in [6.07, 6.45) is 1.11. The number of carbonyl (C=O) groups is 1. The molecule has 0 N–H and O–H groups in total. The summed E-state index contributed by atoms with van der Waals surface area (Å²) in [7, 11) is 1.33. The van der Waals surface area contributed by atoms with Gasteiger partial charge in [-0.25, -0.2) is 4.79 Å². The number of nitrogens with zero attached hydrogens (tertiary/aromatic N) is 2. The first-order valence-electron chi connectivity index (χ1n) is 6.04. The Bertz CT molecular complexity index is 693. The Kier molecular flexibility index (Phi) is 2.64. The van der Waals surface area contributed by atoms with Crippen molar-refractivity contribution in [3.8, 4) is 6.07 Å². The Labute approximate surface area is 110 Å². The number of esters is 1. The van der Waals surface area contributed by atoms with Gasteiger partial charge in [0.2, 0.25) is 5.88 Å². The minimum Gasteiger partial charge on any atom is -0.465 e. The molecule has 0 spiro atoms. The smallest absolute Gasteiger partial charge is 0.337 e. The van der Waals surface area contributed by atoms with Crippen LogP contribution >= 0.6 is 0 Å². The van der Waals surface area contributed by atoms with Crippen LogP contribution in [0.4, 0.5) is 5.88 Å². The first kappa shape index (κ1) is 11.6. The second-order valence-corrected chi connectivity index (χ2v) is 4.44. The van der Waals surface area contributed by atoms with Gasteiger partial charge in [0.15, 0.2) is 0 Å². The second-order valence-electron chi connectivity index (χ2n) is 4.44. The molecule has 1 aromatic carbocycles. The van der Waals surface area contributed by atoms with Crippen molar-refractivity contribution in [3.63, 3.8) is 0 Å². The molecule has 1 aliphatic rings. The SMILES string of the molecule is COC(=O)c1ccc2oc(N3CCC3)c(C#N)c2c1. The topological polar surface area (TPSA) is 66.5 Å². The summed E-state index contributed by atoms with van der Waals surface area (Å²) >= 11 is 0. The molecule has 1 saturated heterocycles. The molecule has 1 aromatic heterocycles. The van der Waals surface area contributed by atoms with Gasteiger partial charge in [0.1, 0.15) is 17.2 Å². The molecule has 2 heterocycles. The Morgan fingerprint density at radius 1 is 1.47 bits per heavy atom. The molecule has 5 heteroatoms. The second kappa shape index (κ2) is 4.32. The minimum absolute atomic E-state index is 0.419. The quantitative estimate of drug-likeness (QED) is 0.771. The summed E-state index contributed by atoms with van der Waals surface area (Å²) in [5.41, 5.74) is 1.52. The van der Waals surface area contributed by atoms with E-state index in [4.69, 9.17) is 4.42 Å². The third-order valence-electron chi connectivity index (χ3n) is 3.35. The highest BCUT2D eigenvalue weighted by atomic mass is 16.5. The standard InChI is InChI=1S/C14H12N2O3/c1-18-14(17)9-3-4-12-10(7-9)11(8-15)13(19-12)16-5-2-6-16/h3-4,7H,2,5-6H2,1H3. The largest absolute Gasteiger partial charge is 0.465 e. The third kappa shape index (κ3) is 1.73. The Morgan fingerprint density at radius 2 is 2.26 bits per heavy atom. The van der Waals surface area contributed by atoms with E-state index in [1.807, 2.05) is 4.90 Å². The van der Waals surface area contributed by atoms with Gasteiger partial charge in [-0.05, 0) is 24.6 Å². The molecule has 0 bridgehead atoms. The predicted molar refractivity (Wildman–Crippen MR) is 69.1 cm³/mol. The minimum atomic E-state index is -0.419. The van der Waals surface area contributed by atoms with Crippen molar-refractivity contribution in [2.75, 3.05) is 25.1 Å². The molecule has 0 saturated carbocycles. The fourth-order valence-electron chi connectivity index (χ4n) is 2.18. The van der Waals surface area contributed by atoms with Crippen LogP contribution in [-0.4, -0.2) is 26.2 Å². The zero-order valence-corrected chi connectivity index (χ0v) is 10.5. The lowest BCUT2D eigenvalue weighted by molar-refractivity contribution is 0.0601. The lowest BCUT2D eigenvalue weighted by atomic mass is 10.1. The molecular weight excluding hydrogens is 244 g/mol. The van der Waals surface area contributed by atoms with Gasteiger partial charge >= 0.3 is 5.97 Å². The summed E-state index contributed by atoms with van der Waals surface area (Å²) in [5.74, 6) is 0.184. The van der Waals surface area contributed by atoms with Crippen LogP contribution in [0.25, 0.3) is 11.0 Å². The monoisotopic (exact) mass is 256 g/mol. The number of furan rings is 1. The number of fused-ring (bicyclic) bond motifs is 1. The summed E-state index contributed by atoms with van der Waals surface area (Å²) < 4.78 is 10.4. The third-order valence-corrected chi connectivity index (χ3v) is 3.35. The van der Waals surface area contributed by atoms with Gasteiger partial charge in [-0.15, -0.1) is 0 Å². The molecule has 0 amide bonds. The van der Waals surface area contributed by atoms with Crippen molar-refractivity contribution >= 4 is 22.8 Å². The number of carbonyl (C=O) groups excluding carboxylic acids is 1. The Morgan fingerprint density at radius 3 is 2.84 bits per heavy atom. The Hall–Kier alpha value is -2.48. The van der Waals surface area contributed by atoms with E-state index < -0.39 is 5.97 Å². The van der Waals surface area contributed by atoms with Crippen molar-refractivity contribution in [2.45, 2.75) is 6.42 Å². The average Bonchev–Trinajstić information content (AvgIpc) is 2.72. The highest BCUT2D eigenvalue weighted by Gasteiger charge is 2.24. The molecule has 2 aromatic rings. The van der Waals surface area contributed by atoms with E-state index in [2.05, 4.69) is 10.8 Å². The van der Waals surface area contributed by atoms with E-state index in [1.54, 1.807) is 18.2 Å². The molecule has 1 fully saturated rings. The number of ether oxygens (including phenoxy) is 1. The number of methoxy groups -OCH3 is 1. The number of hydrogen-bond acceptors (Lipinski definition) is 5. The van der Waals surface area contributed by atoms with Crippen LogP contribution in [0.15, 0.2) is 22.6 Å². The normalized spacial score (nSPS) is 14.0. The zero-order chi connectivity index (χ0) is 13.4. The van der Waals surface area contributed by atoms with Gasteiger partial charge in [-0.3, -0.25) is 0 Å². The number of benzene rings is 1. The Balaban J connectivity index is 2.16. The molecule has 0 radical (unpaired) electrons. The summed E-state index contributed by atoms with van der Waals surface area (Å²) in [4.78, 5) is 13.5. The highest BCUT2D eigenvalue weighted by molar-refractivity contribution is 5.97. The van der Waals surface area contributed by atoms with Crippen LogP contribution in [0.3, 0.4) is 0 Å². The van der Waals surface area contributed by atoms with E-state index >= 15 is 0 Å². The van der Waals surface area contributed by atoms with Crippen molar-refractivity contribution in [3.05, 3.63) is 29.3 Å². The number of rotatable bonds is 2. The summed E-state index contributed by atoms with van der Waals surface area (Å²) in [5, 5.41) is 9.97. The van der Waals surface area contributed by atoms with Crippen LogP contribution in [0.5, 0.6) is 0 Å². The first-order chi connectivity index (χ1) is 9.24. The lowest BCUT2D eigenvalue weighted by Crippen LogP contribution is -2.37. The summed E-state index contributed by atoms with van der Waals surface area (Å²) in [6, 6.07) is 7.15. The van der Waals surface area contributed by atoms with E-state index in [9.17, 15) is 10.1 Å². The fourth-order valence-corrected chi connectivity index (χ4v) is 2.18. The van der Waals surface area contributed by atoms with E-state index in [0.717, 1.165) is 19.5 Å². The fraction of sp³-hybridized carbons (Fsp3) is 0.286. The maximum Gasteiger partial charge on any atom is 0.337 e. The van der Waals surface area contributed by atoms with E-state index in [-0.39, 0.29) is 0 Å². The molecule has 0 aliphatic carbocycles. The first-order valence-corrected chi connectivity index (χ1v) is 6.04. The molecule has 5 nitrogen and oxygen atoms in total. The van der Waals surface area contributed by atoms with Crippen molar-refractivity contribution in [2.24, 2.45) is 0 Å². The molecule has 96 valence electrons. The van der Waals surface area contributed by atoms with Crippen LogP contribution in [0, 0.1) is 11.3 Å². The van der Waals surface area contributed by atoms with Crippen LogP contribution in [0.1, 0.15) is 22.3 Å². The van der Waals surface area contributed by atoms with Gasteiger partial charge in [0.05, 0.1) is 12.7 Å². The van der Waals surface area contributed by atoms with Gasteiger partial charge in [-0.2, -0.15) is 5.26 Å². The average molecular weight is 256 g/mol. The van der Waals surface area contributed by atoms with E-state index in [1.165, 1.54) is 7.11 Å². The lowest BCUT2D eigenvalue weighted by Gasteiger charge is -2.30. The molecule has 0 atom stereocenters. The molecular formula is C14H12N2O3. The van der Waals surface area contributed by atoms with Gasteiger partial charge < -0.3 is 14.1 Å². The molecule has 0 unspecified atom stereocenters. The molecule has 19 heavy (non-hydrogen) atoms. The van der Waals surface area contributed by atoms with Crippen molar-refractivity contribution in [1.29, 1.82) is 5.26 Å². The predicted octanol–water partition coefficient (Wildman–Crippen LogP) is 2.30. The van der Waals surface area contributed by atoms with E-state index in [0.29, 0.717) is 28.0 Å². The van der Waals surface area contributed by atoms with Crippen LogP contribution in [0.2, 0.25) is 0 Å². The van der Waals surface area contributed by atoms with Crippen molar-refractivity contribution in [1.82, 2.24) is 0 Å². The van der Waals surface area contributed by atoms with Crippen LogP contribution < -0.4 is 4.90 Å². The zero-order valence-electron chi connectivity index (χ0n) is 10.5. The maximum absolute atomic E-state index is 11.5. The van der Waals surface area contributed by atoms with Gasteiger partial charge in [-0.1, -0.05) is 0 Å². The number of hydrogen-bond donors (Lipinski definition) is 0. The van der Waals surface area contributed by atoms with Gasteiger partial charge in [0, 0.05) is 18.5 Å². The number of nitriles is 1. The van der Waals surface area contributed by atoms with Crippen molar-refractivity contribution < 1.29 is 13.9 Å². The van der Waals surface area contributed by atoms with Crippen LogP contribution in [-0.2, 0) is 4.74 Å². The van der Waals surface area contributed by atoms with Gasteiger partial charge in [0.25, 0.3) is 0 Å². The summed E-state index contributed by atoms with van der Waals surface area (Å²) in [6.45, 7) is 1.80. The molecule has 1 aliphatic heterocycles. The number of anilines is 1.